The van der Waals surface area contributed by atoms with E-state index in [4.69, 9.17) is 18.2 Å². The molecule has 66 valence electrons. The lowest BCUT2D eigenvalue weighted by Crippen LogP contribution is -2.72. The van der Waals surface area contributed by atoms with E-state index in [-0.39, 0.29) is 4.81 Å². The fourth-order valence-electron chi connectivity index (χ4n) is 0.949. The van der Waals surface area contributed by atoms with Gasteiger partial charge in [0.2, 0.25) is 7.98 Å². The second kappa shape index (κ2) is 2.31. The summed E-state index contributed by atoms with van der Waals surface area (Å²) < 4.78 is 0. The largest absolute Gasteiger partial charge is 0.480 e. The standard InChI is InChI=1S/C5H2BNO6/c6-7-1(8)5(2(7)9,3(10)11)4(12)13/h(H,10,11)(H,12,13). The zero-order valence-corrected chi connectivity index (χ0v) is 6.05. The zero-order valence-electron chi connectivity index (χ0n) is 6.05. The number of carboxylic acid groups (broad SMARTS) is 2. The molecule has 1 rings (SSSR count). The summed E-state index contributed by atoms with van der Waals surface area (Å²) in [5.41, 5.74) is -3.03. The van der Waals surface area contributed by atoms with Gasteiger partial charge in [-0.05, 0) is 0 Å². The van der Waals surface area contributed by atoms with Crippen LogP contribution in [-0.2, 0) is 19.2 Å². The zero-order chi connectivity index (χ0) is 10.4. The highest BCUT2D eigenvalue weighted by molar-refractivity contribution is 6.51. The normalized spacial score (nSPS) is 19.5. The predicted molar refractivity (Wildman–Crippen MR) is 35.3 cm³/mol. The molecule has 0 saturated carbocycles. The van der Waals surface area contributed by atoms with Crippen LogP contribution in [0.15, 0.2) is 0 Å². The van der Waals surface area contributed by atoms with Gasteiger partial charge >= 0.3 is 17.4 Å². The smallest absolute Gasteiger partial charge is 0.340 e. The summed E-state index contributed by atoms with van der Waals surface area (Å²) in [4.78, 5) is 42.4. The minimum Gasteiger partial charge on any atom is -0.480 e. The van der Waals surface area contributed by atoms with E-state index < -0.39 is 29.2 Å². The number of aliphatic carboxylic acids is 2. The molecule has 0 aromatic heterocycles. The van der Waals surface area contributed by atoms with Crippen molar-refractivity contribution in [3.05, 3.63) is 0 Å². The summed E-state index contributed by atoms with van der Waals surface area (Å²) in [6.45, 7) is 0. The minimum absolute atomic E-state index is 0.0394. The van der Waals surface area contributed by atoms with Gasteiger partial charge in [0, 0.05) is 0 Å². The lowest BCUT2D eigenvalue weighted by molar-refractivity contribution is -0.186. The van der Waals surface area contributed by atoms with Gasteiger partial charge in [0.15, 0.2) is 0 Å². The van der Waals surface area contributed by atoms with Crippen LogP contribution in [-0.4, -0.2) is 46.8 Å². The van der Waals surface area contributed by atoms with Gasteiger partial charge < -0.3 is 15.0 Å². The number of hydrogen-bond acceptors (Lipinski definition) is 4. The van der Waals surface area contributed by atoms with Crippen LogP contribution in [0.4, 0.5) is 0 Å². The summed E-state index contributed by atoms with van der Waals surface area (Å²) >= 11 is 0. The van der Waals surface area contributed by atoms with E-state index in [1.54, 1.807) is 0 Å². The van der Waals surface area contributed by atoms with Crippen molar-refractivity contribution < 1.29 is 29.4 Å². The number of rotatable bonds is 2. The summed E-state index contributed by atoms with van der Waals surface area (Å²) in [6.07, 6.45) is 0. The van der Waals surface area contributed by atoms with Crippen molar-refractivity contribution in [3.8, 4) is 0 Å². The Balaban J connectivity index is 3.24. The Morgan fingerprint density at radius 1 is 1.15 bits per heavy atom. The van der Waals surface area contributed by atoms with E-state index in [9.17, 15) is 19.2 Å². The first-order chi connectivity index (χ1) is 5.86. The molecule has 2 radical (unpaired) electrons. The molecule has 1 aliphatic heterocycles. The molecule has 7 nitrogen and oxygen atoms in total. The molecule has 2 N–H and O–H groups in total. The van der Waals surface area contributed by atoms with Crippen LogP contribution in [0.5, 0.6) is 0 Å². The fraction of sp³-hybridized carbons (Fsp3) is 0.200. The second-order valence-corrected chi connectivity index (χ2v) is 2.34. The van der Waals surface area contributed by atoms with Gasteiger partial charge in [-0.25, -0.2) is 9.59 Å². The van der Waals surface area contributed by atoms with Gasteiger partial charge in [-0.1, -0.05) is 0 Å². The number of nitrogens with zero attached hydrogens (tertiary/aromatic N) is 1. The summed E-state index contributed by atoms with van der Waals surface area (Å²) in [6, 6.07) is 0. The molecule has 0 spiro atoms. The maximum absolute atomic E-state index is 10.8. The maximum atomic E-state index is 10.8. The topological polar surface area (TPSA) is 112 Å². The fourth-order valence-corrected chi connectivity index (χ4v) is 0.949. The summed E-state index contributed by atoms with van der Waals surface area (Å²) in [5.74, 6) is -6.96. The van der Waals surface area contributed by atoms with E-state index >= 15 is 0 Å². The minimum atomic E-state index is -3.03. The molecule has 13 heavy (non-hydrogen) atoms. The van der Waals surface area contributed by atoms with Crippen LogP contribution in [0.2, 0.25) is 0 Å². The molecule has 1 heterocycles. The Morgan fingerprint density at radius 3 is 1.62 bits per heavy atom. The van der Waals surface area contributed by atoms with Crippen LogP contribution in [0.25, 0.3) is 0 Å². The number of carbonyl (C=O) groups excluding carboxylic acids is 2. The average Bonchev–Trinajstić information content (AvgIpc) is 2.03. The van der Waals surface area contributed by atoms with Crippen molar-refractivity contribution in [1.82, 2.24) is 4.81 Å². The van der Waals surface area contributed by atoms with Gasteiger partial charge in [0.05, 0.1) is 0 Å². The van der Waals surface area contributed by atoms with Crippen molar-refractivity contribution in [1.29, 1.82) is 0 Å². The van der Waals surface area contributed by atoms with Gasteiger partial charge in [0.25, 0.3) is 11.8 Å². The van der Waals surface area contributed by atoms with E-state index in [0.29, 0.717) is 0 Å². The number of carboxylic acids is 2. The highest BCUT2D eigenvalue weighted by Crippen LogP contribution is 2.32. The van der Waals surface area contributed by atoms with E-state index in [2.05, 4.69) is 0 Å². The van der Waals surface area contributed by atoms with Gasteiger partial charge in [-0.15, -0.1) is 0 Å². The van der Waals surface area contributed by atoms with Crippen molar-refractivity contribution in [3.63, 3.8) is 0 Å². The number of amides is 2. The molecule has 0 aromatic carbocycles. The molecule has 0 unspecified atom stereocenters. The second-order valence-electron chi connectivity index (χ2n) is 2.34. The lowest BCUT2D eigenvalue weighted by atomic mass is 9.75. The Bertz CT molecular complexity index is 304. The molecule has 0 aromatic rings. The van der Waals surface area contributed by atoms with Gasteiger partial charge in [-0.3, -0.25) is 9.59 Å². The first-order valence-corrected chi connectivity index (χ1v) is 2.97. The molecular formula is C5H2BNO6. The highest BCUT2D eigenvalue weighted by atomic mass is 16.4. The third-order valence-corrected chi connectivity index (χ3v) is 1.72. The molecular weight excluding hydrogens is 181 g/mol. The molecule has 0 bridgehead atoms. The van der Waals surface area contributed by atoms with Crippen LogP contribution in [0, 0.1) is 5.41 Å². The Morgan fingerprint density at radius 2 is 1.46 bits per heavy atom. The van der Waals surface area contributed by atoms with Crippen LogP contribution in [0.3, 0.4) is 0 Å². The van der Waals surface area contributed by atoms with Crippen LogP contribution >= 0.6 is 0 Å². The Labute approximate surface area is 72.4 Å². The van der Waals surface area contributed by atoms with Gasteiger partial charge in [0.1, 0.15) is 0 Å². The third-order valence-electron chi connectivity index (χ3n) is 1.72. The molecule has 1 saturated heterocycles. The molecule has 0 atom stereocenters. The Hall–Kier alpha value is -1.86. The highest BCUT2D eigenvalue weighted by Gasteiger charge is 2.71. The third kappa shape index (κ3) is 0.741. The first-order valence-electron chi connectivity index (χ1n) is 2.97. The van der Waals surface area contributed by atoms with Crippen molar-refractivity contribution in [2.75, 3.05) is 0 Å². The molecule has 1 fully saturated rings. The van der Waals surface area contributed by atoms with Crippen molar-refractivity contribution in [2.24, 2.45) is 5.41 Å². The van der Waals surface area contributed by atoms with E-state index in [1.807, 2.05) is 0 Å². The van der Waals surface area contributed by atoms with Crippen LogP contribution in [0.1, 0.15) is 0 Å². The predicted octanol–water partition coefficient (Wildman–Crippen LogP) is -2.41. The van der Waals surface area contributed by atoms with Crippen molar-refractivity contribution >= 4 is 31.7 Å². The molecule has 8 heteroatoms. The van der Waals surface area contributed by atoms with Gasteiger partial charge in [-0.2, -0.15) is 0 Å². The SMILES string of the molecule is [B]N1C(=O)C(C(=O)O)(C(=O)O)C1=O. The van der Waals surface area contributed by atoms with E-state index in [0.717, 1.165) is 0 Å². The average molecular weight is 183 g/mol. The Kier molecular flexibility index (Phi) is 1.64. The lowest BCUT2D eigenvalue weighted by Gasteiger charge is -2.38. The number of hydrogen-bond donors (Lipinski definition) is 2. The van der Waals surface area contributed by atoms with E-state index in [1.165, 1.54) is 0 Å². The molecule has 2 amide bonds. The summed E-state index contributed by atoms with van der Waals surface area (Å²) in [7, 11) is 4.72. The molecule has 1 aliphatic rings. The molecule has 0 aliphatic carbocycles. The maximum Gasteiger partial charge on any atom is 0.340 e. The quantitative estimate of drug-likeness (QED) is 0.280. The number of β-lactam (4-membered cyclic amide) rings is 2. The summed E-state index contributed by atoms with van der Waals surface area (Å²) in [5, 5.41) is 16.8. The van der Waals surface area contributed by atoms with Crippen LogP contribution < -0.4 is 0 Å². The number of imide groups is 1. The number of carbonyl (C=O) groups is 4. The van der Waals surface area contributed by atoms with Crippen molar-refractivity contribution in [2.45, 2.75) is 0 Å². The monoisotopic (exact) mass is 183 g/mol. The first kappa shape index (κ1) is 9.23.